The van der Waals surface area contributed by atoms with E-state index in [1.165, 1.54) is 36.4 Å². The standard InChI is InChI=1S/C24H28N2O11S2/c1-3-5-11-38(31,32)36-25(29)15-17-7-9-19(13-21(17)23(25)27)35-20-10-8-18-16-26(30,24(28)22(18)14-20)37-39(33,34)12-6-4-2/h7-10,13-14H,3-6,11-12,15-16H2,1-2H3. The molecule has 212 valence electrons. The quantitative estimate of drug-likeness (QED) is 0.263. The van der Waals surface area contributed by atoms with Gasteiger partial charge in [-0.1, -0.05) is 35.3 Å². The van der Waals surface area contributed by atoms with Gasteiger partial charge in [0.05, 0.1) is 22.6 Å². The first-order chi connectivity index (χ1) is 18.2. The van der Waals surface area contributed by atoms with Crippen LogP contribution >= 0.6 is 0 Å². The van der Waals surface area contributed by atoms with Crippen molar-refractivity contribution >= 4 is 32.1 Å². The minimum atomic E-state index is -4.23. The Bertz CT molecular complexity index is 1410. The van der Waals surface area contributed by atoms with Gasteiger partial charge in [-0.25, -0.2) is 9.59 Å². The highest BCUT2D eigenvalue weighted by atomic mass is 32.2. The molecule has 0 fully saturated rings. The Morgan fingerprint density at radius 3 is 1.46 bits per heavy atom. The zero-order chi connectivity index (χ0) is 28.6. The average Bonchev–Trinajstić information content (AvgIpc) is 3.24. The fourth-order valence-corrected chi connectivity index (χ4v) is 6.62. The van der Waals surface area contributed by atoms with Crippen molar-refractivity contribution in [2.24, 2.45) is 0 Å². The molecule has 39 heavy (non-hydrogen) atoms. The van der Waals surface area contributed by atoms with Crippen molar-refractivity contribution in [3.63, 3.8) is 0 Å². The molecule has 4 rings (SSSR count). The highest BCUT2D eigenvalue weighted by Crippen LogP contribution is 2.37. The van der Waals surface area contributed by atoms with Gasteiger partial charge in [0.1, 0.15) is 24.6 Å². The molecule has 2 aromatic rings. The first kappa shape index (κ1) is 29.2. The molecule has 2 heterocycles. The SMILES string of the molecule is CCCCS(=O)(=O)O[N+]1([O-])Cc2ccc(Oc3ccc4c(c3)C(=O)[N+]([O-])(OS(=O)(=O)CCCC)C4)cc2C1=O. The summed E-state index contributed by atoms with van der Waals surface area (Å²) >= 11 is 0. The first-order valence-electron chi connectivity index (χ1n) is 12.3. The van der Waals surface area contributed by atoms with E-state index in [1.807, 2.05) is 0 Å². The summed E-state index contributed by atoms with van der Waals surface area (Å²) in [6.45, 7) is 2.49. The van der Waals surface area contributed by atoms with Crippen LogP contribution in [0.1, 0.15) is 71.4 Å². The van der Waals surface area contributed by atoms with Crippen LogP contribution in [0.25, 0.3) is 0 Å². The molecule has 2 unspecified atom stereocenters. The largest absolute Gasteiger partial charge is 0.589 e. The topological polar surface area (TPSA) is 176 Å². The Morgan fingerprint density at radius 1 is 0.718 bits per heavy atom. The van der Waals surface area contributed by atoms with Crippen molar-refractivity contribution in [3.05, 3.63) is 69.1 Å². The number of rotatable bonds is 12. The van der Waals surface area contributed by atoms with Crippen LogP contribution in [-0.4, -0.2) is 49.8 Å². The summed E-state index contributed by atoms with van der Waals surface area (Å²) in [7, 11) is -8.46. The summed E-state index contributed by atoms with van der Waals surface area (Å²) in [5, 5.41) is 25.9. The highest BCUT2D eigenvalue weighted by molar-refractivity contribution is 7.86. The Kier molecular flexibility index (Phi) is 7.99. The molecular formula is C24H28N2O11S2. The van der Waals surface area contributed by atoms with Gasteiger partial charge in [0.25, 0.3) is 0 Å². The molecule has 0 saturated carbocycles. The lowest BCUT2D eigenvalue weighted by Gasteiger charge is -2.29. The van der Waals surface area contributed by atoms with E-state index >= 15 is 0 Å². The minimum absolute atomic E-state index is 0.0774. The van der Waals surface area contributed by atoms with Gasteiger partial charge in [-0.05, 0) is 49.2 Å². The predicted octanol–water partition coefficient (Wildman–Crippen LogP) is 3.54. The second-order valence-corrected chi connectivity index (χ2v) is 12.7. The molecule has 2 aromatic carbocycles. The number of unbranched alkanes of at least 4 members (excludes halogenated alkanes) is 2. The van der Waals surface area contributed by atoms with Gasteiger partial charge < -0.3 is 15.2 Å². The molecule has 2 aliphatic rings. The lowest BCUT2D eigenvalue weighted by molar-refractivity contribution is -0.979. The van der Waals surface area contributed by atoms with Gasteiger partial charge in [-0.2, -0.15) is 16.8 Å². The van der Waals surface area contributed by atoms with Gasteiger partial charge in [-0.15, -0.1) is 9.62 Å². The Balaban J connectivity index is 1.50. The molecule has 2 amide bonds. The number of hydrogen-bond acceptors (Lipinski definition) is 11. The third kappa shape index (κ3) is 6.20. The summed E-state index contributed by atoms with van der Waals surface area (Å²) in [6, 6.07) is 8.25. The zero-order valence-electron chi connectivity index (χ0n) is 21.3. The normalized spacial score (nSPS) is 22.7. The van der Waals surface area contributed by atoms with E-state index in [9.17, 15) is 36.8 Å². The van der Waals surface area contributed by atoms with Crippen LogP contribution in [0.15, 0.2) is 36.4 Å². The molecule has 0 spiro atoms. The number of fused-ring (bicyclic) bond motifs is 2. The number of quaternary nitrogens is 2. The maximum Gasteiger partial charge on any atom is 0.380 e. The number of carbonyl (C=O) groups excluding carboxylic acids is 2. The van der Waals surface area contributed by atoms with Crippen LogP contribution in [0.3, 0.4) is 0 Å². The second kappa shape index (κ2) is 10.7. The van der Waals surface area contributed by atoms with Crippen molar-refractivity contribution in [1.82, 2.24) is 0 Å². The van der Waals surface area contributed by atoms with Crippen LogP contribution in [0.5, 0.6) is 11.5 Å². The lowest BCUT2D eigenvalue weighted by Crippen LogP contribution is -2.44. The molecule has 0 radical (unpaired) electrons. The van der Waals surface area contributed by atoms with Crippen molar-refractivity contribution in [2.45, 2.75) is 52.6 Å². The summed E-state index contributed by atoms with van der Waals surface area (Å²) < 4.78 is 63.7. The Morgan fingerprint density at radius 2 is 1.10 bits per heavy atom. The monoisotopic (exact) mass is 584 g/mol. The third-order valence-electron chi connectivity index (χ3n) is 6.20. The molecule has 0 saturated heterocycles. The van der Waals surface area contributed by atoms with Crippen LogP contribution in [0.4, 0.5) is 0 Å². The van der Waals surface area contributed by atoms with E-state index in [-0.39, 0.29) is 58.1 Å². The fourth-order valence-electron chi connectivity index (χ4n) is 4.21. The zero-order valence-corrected chi connectivity index (χ0v) is 23.0. The van der Waals surface area contributed by atoms with E-state index in [0.717, 1.165) is 0 Å². The molecule has 2 aliphatic heterocycles. The predicted molar refractivity (Wildman–Crippen MR) is 136 cm³/mol. The van der Waals surface area contributed by atoms with E-state index in [2.05, 4.69) is 0 Å². The van der Waals surface area contributed by atoms with Crippen molar-refractivity contribution in [2.75, 3.05) is 11.5 Å². The van der Waals surface area contributed by atoms with Crippen molar-refractivity contribution < 1.29 is 49.3 Å². The Hall–Kier alpha value is -2.76. The van der Waals surface area contributed by atoms with Crippen LogP contribution in [-0.2, 0) is 41.9 Å². The van der Waals surface area contributed by atoms with Gasteiger partial charge in [-0.3, -0.25) is 0 Å². The third-order valence-corrected chi connectivity index (χ3v) is 8.71. The lowest BCUT2D eigenvalue weighted by atomic mass is 10.1. The molecule has 0 aromatic heterocycles. The summed E-state index contributed by atoms with van der Waals surface area (Å²) in [4.78, 5) is 21.5. The Labute approximate surface area is 226 Å². The van der Waals surface area contributed by atoms with Gasteiger partial charge >= 0.3 is 32.1 Å². The number of carbonyl (C=O) groups is 2. The van der Waals surface area contributed by atoms with E-state index in [4.69, 9.17) is 13.3 Å². The first-order valence-corrected chi connectivity index (χ1v) is 15.5. The number of nitrogens with zero attached hydrogens (tertiary/aromatic N) is 2. The minimum Gasteiger partial charge on any atom is -0.589 e. The van der Waals surface area contributed by atoms with Crippen molar-refractivity contribution in [1.29, 1.82) is 0 Å². The summed E-state index contributed by atoms with van der Waals surface area (Å²) in [6.07, 6.45) is 1.67. The number of ether oxygens (including phenoxy) is 1. The van der Waals surface area contributed by atoms with Gasteiger partial charge in [0, 0.05) is 11.1 Å². The van der Waals surface area contributed by atoms with Crippen LogP contribution in [0.2, 0.25) is 0 Å². The number of hydrogen-bond donors (Lipinski definition) is 0. The maximum absolute atomic E-state index is 12.9. The number of hydroxylamine groups is 8. The van der Waals surface area contributed by atoms with E-state index in [1.54, 1.807) is 13.8 Å². The summed E-state index contributed by atoms with van der Waals surface area (Å²) in [5.74, 6) is -2.80. The molecule has 2 atom stereocenters. The van der Waals surface area contributed by atoms with Crippen molar-refractivity contribution in [3.8, 4) is 11.5 Å². The van der Waals surface area contributed by atoms with Gasteiger partial charge in [0.2, 0.25) is 0 Å². The van der Waals surface area contributed by atoms with Gasteiger partial charge in [0.15, 0.2) is 0 Å². The molecule has 0 aliphatic carbocycles. The average molecular weight is 585 g/mol. The van der Waals surface area contributed by atoms with E-state index < -0.39 is 54.8 Å². The molecular weight excluding hydrogens is 556 g/mol. The fraction of sp³-hybridized carbons (Fsp3) is 0.417. The smallest absolute Gasteiger partial charge is 0.380 e. The molecule has 0 N–H and O–H groups in total. The highest BCUT2D eigenvalue weighted by Gasteiger charge is 2.46. The number of benzene rings is 2. The molecule has 15 heteroatoms. The number of amides is 2. The summed E-state index contributed by atoms with van der Waals surface area (Å²) in [5.41, 5.74) is 0.386. The maximum atomic E-state index is 12.9. The molecule has 0 bridgehead atoms. The second-order valence-electron chi connectivity index (χ2n) is 9.39. The van der Waals surface area contributed by atoms with Crippen LogP contribution < -0.4 is 4.74 Å². The molecule has 13 nitrogen and oxygen atoms in total. The van der Waals surface area contributed by atoms with Crippen LogP contribution in [0, 0.1) is 10.4 Å². The van der Waals surface area contributed by atoms with E-state index in [0.29, 0.717) is 12.8 Å².